The minimum absolute atomic E-state index is 0.139. The molecule has 1 aliphatic heterocycles. The molecule has 2 heterocycles. The van der Waals surface area contributed by atoms with Crippen LogP contribution in [-0.4, -0.2) is 106 Å². The molecule has 0 bridgehead atoms. The van der Waals surface area contributed by atoms with Gasteiger partial charge in [0.25, 0.3) is 5.91 Å². The molecule has 3 N–H and O–H groups in total. The van der Waals surface area contributed by atoms with Crippen molar-refractivity contribution in [2.45, 2.75) is 64.0 Å². The van der Waals surface area contributed by atoms with Crippen molar-refractivity contribution in [3.8, 4) is 11.5 Å². The molecule has 1 unspecified atom stereocenters. The van der Waals surface area contributed by atoms with E-state index in [1.165, 1.54) is 15.9 Å². The number of ether oxygens (including phenoxy) is 3. The summed E-state index contributed by atoms with van der Waals surface area (Å²) in [7, 11) is 0. The summed E-state index contributed by atoms with van der Waals surface area (Å²) in [6.07, 6.45) is 1.03. The molecule has 238 valence electrons. The molecule has 1 aliphatic carbocycles. The van der Waals surface area contributed by atoms with Crippen LogP contribution in [0.2, 0.25) is 0 Å². The number of piperazine rings is 1. The van der Waals surface area contributed by atoms with E-state index in [0.717, 1.165) is 6.42 Å². The third-order valence-corrected chi connectivity index (χ3v) is 7.67. The van der Waals surface area contributed by atoms with Crippen molar-refractivity contribution in [2.24, 2.45) is 0 Å². The third kappa shape index (κ3) is 7.47. The standard InChI is InChI=1S/C30H38N4O10/c1-3-16-43-19-6-7-20-22(17-19)31-23(18-24(20)44-30(28(39)40)10-5-11-30)26(37)32-21(8-9-25(35)36)27(38)33-12-14-34(15-13-33)29(41)42-4-2/h6-7,17-18,21H,3-5,8-16H2,1-2H3,(H,32,37)(H,35,36)(H,39,40). The van der Waals surface area contributed by atoms with Crippen LogP contribution in [0.1, 0.15) is 62.9 Å². The topological polar surface area (TPSA) is 185 Å². The first-order valence-corrected chi connectivity index (χ1v) is 14.8. The first kappa shape index (κ1) is 32.3. The molecule has 1 saturated heterocycles. The maximum Gasteiger partial charge on any atom is 0.409 e. The maximum absolute atomic E-state index is 13.6. The van der Waals surface area contributed by atoms with Gasteiger partial charge in [-0.1, -0.05) is 6.92 Å². The first-order chi connectivity index (χ1) is 21.1. The number of carboxylic acids is 2. The van der Waals surface area contributed by atoms with Crippen molar-refractivity contribution in [1.29, 1.82) is 0 Å². The van der Waals surface area contributed by atoms with Gasteiger partial charge in [-0.25, -0.2) is 14.6 Å². The highest BCUT2D eigenvalue weighted by Gasteiger charge is 2.47. The zero-order valence-corrected chi connectivity index (χ0v) is 24.9. The summed E-state index contributed by atoms with van der Waals surface area (Å²) in [5.74, 6) is -2.84. The number of aromatic nitrogens is 1. The van der Waals surface area contributed by atoms with E-state index in [1.54, 1.807) is 25.1 Å². The van der Waals surface area contributed by atoms with Crippen molar-refractivity contribution < 1.29 is 48.4 Å². The van der Waals surface area contributed by atoms with E-state index in [2.05, 4.69) is 10.3 Å². The summed E-state index contributed by atoms with van der Waals surface area (Å²) in [6, 6.07) is 5.17. The molecule has 3 amide bonds. The van der Waals surface area contributed by atoms with Crippen molar-refractivity contribution in [2.75, 3.05) is 39.4 Å². The van der Waals surface area contributed by atoms with E-state index in [9.17, 15) is 34.2 Å². The summed E-state index contributed by atoms with van der Waals surface area (Å²) in [5, 5.41) is 22.3. The second-order valence-corrected chi connectivity index (χ2v) is 10.8. The number of rotatable bonds is 13. The number of carbonyl (C=O) groups is 5. The summed E-state index contributed by atoms with van der Waals surface area (Å²) in [5.41, 5.74) is -1.24. The summed E-state index contributed by atoms with van der Waals surface area (Å²) >= 11 is 0. The number of carbonyl (C=O) groups excluding carboxylic acids is 3. The van der Waals surface area contributed by atoms with Gasteiger partial charge in [0.15, 0.2) is 0 Å². The maximum atomic E-state index is 13.6. The van der Waals surface area contributed by atoms with E-state index in [4.69, 9.17) is 14.2 Å². The minimum atomic E-state index is -1.43. The van der Waals surface area contributed by atoms with Gasteiger partial charge < -0.3 is 39.5 Å². The lowest BCUT2D eigenvalue weighted by Crippen LogP contribution is -2.56. The van der Waals surface area contributed by atoms with E-state index in [0.29, 0.717) is 42.5 Å². The average molecular weight is 615 g/mol. The Balaban J connectivity index is 1.60. The quantitative estimate of drug-likeness (QED) is 0.301. The minimum Gasteiger partial charge on any atom is -0.494 e. The predicted octanol–water partition coefficient (Wildman–Crippen LogP) is 2.67. The Morgan fingerprint density at radius 1 is 1.02 bits per heavy atom. The fraction of sp³-hybridized carbons (Fsp3) is 0.533. The van der Waals surface area contributed by atoms with Crippen molar-refractivity contribution >= 4 is 40.7 Å². The Kier molecular flexibility index (Phi) is 10.4. The lowest BCUT2D eigenvalue weighted by Gasteiger charge is -2.38. The number of hydrogen-bond acceptors (Lipinski definition) is 9. The van der Waals surface area contributed by atoms with Crippen LogP contribution in [0.4, 0.5) is 4.79 Å². The van der Waals surface area contributed by atoms with Crippen molar-refractivity contribution in [1.82, 2.24) is 20.1 Å². The highest BCUT2D eigenvalue weighted by atomic mass is 16.6. The zero-order chi connectivity index (χ0) is 31.9. The summed E-state index contributed by atoms with van der Waals surface area (Å²) in [4.78, 5) is 69.9. The van der Waals surface area contributed by atoms with E-state index in [1.807, 2.05) is 6.92 Å². The fourth-order valence-corrected chi connectivity index (χ4v) is 5.06. The van der Waals surface area contributed by atoms with Gasteiger partial charge in [0.2, 0.25) is 11.5 Å². The number of amides is 3. The van der Waals surface area contributed by atoms with Gasteiger partial charge in [-0.3, -0.25) is 14.4 Å². The van der Waals surface area contributed by atoms with Gasteiger partial charge in [0, 0.05) is 50.1 Å². The molecule has 2 aliphatic rings. The van der Waals surface area contributed by atoms with Crippen LogP contribution in [0, 0.1) is 0 Å². The van der Waals surface area contributed by atoms with Crippen LogP contribution in [0.25, 0.3) is 10.9 Å². The number of pyridine rings is 1. The molecular weight excluding hydrogens is 576 g/mol. The van der Waals surface area contributed by atoms with Gasteiger partial charge in [-0.15, -0.1) is 0 Å². The summed E-state index contributed by atoms with van der Waals surface area (Å²) in [6.45, 7) is 5.15. The largest absolute Gasteiger partial charge is 0.494 e. The number of aliphatic carboxylic acids is 2. The number of nitrogens with one attached hydrogen (secondary N) is 1. The number of fused-ring (bicyclic) bond motifs is 1. The highest BCUT2D eigenvalue weighted by molar-refractivity contribution is 6.00. The highest BCUT2D eigenvalue weighted by Crippen LogP contribution is 2.40. The number of carboxylic acid groups (broad SMARTS) is 2. The first-order valence-electron chi connectivity index (χ1n) is 14.8. The molecule has 4 rings (SSSR count). The second kappa shape index (κ2) is 14.2. The van der Waals surface area contributed by atoms with Crippen LogP contribution < -0.4 is 14.8 Å². The van der Waals surface area contributed by atoms with Gasteiger partial charge in [-0.2, -0.15) is 0 Å². The van der Waals surface area contributed by atoms with Crippen LogP contribution in [-0.2, 0) is 19.1 Å². The van der Waals surface area contributed by atoms with Gasteiger partial charge in [0.1, 0.15) is 23.2 Å². The molecule has 14 nitrogen and oxygen atoms in total. The van der Waals surface area contributed by atoms with Crippen molar-refractivity contribution in [3.05, 3.63) is 30.0 Å². The van der Waals surface area contributed by atoms with Crippen molar-refractivity contribution in [3.63, 3.8) is 0 Å². The molecule has 1 saturated carbocycles. The Morgan fingerprint density at radius 3 is 2.32 bits per heavy atom. The Morgan fingerprint density at radius 2 is 1.73 bits per heavy atom. The zero-order valence-electron chi connectivity index (χ0n) is 24.9. The van der Waals surface area contributed by atoms with Crippen LogP contribution >= 0.6 is 0 Å². The molecule has 0 spiro atoms. The van der Waals surface area contributed by atoms with E-state index >= 15 is 0 Å². The Hall–Kier alpha value is -4.62. The molecule has 1 atom stereocenters. The molecule has 2 aromatic rings. The Labute approximate surface area is 254 Å². The molecule has 44 heavy (non-hydrogen) atoms. The average Bonchev–Trinajstić information content (AvgIpc) is 2.99. The van der Waals surface area contributed by atoms with Crippen LogP contribution in [0.15, 0.2) is 24.3 Å². The van der Waals surface area contributed by atoms with Gasteiger partial charge in [0.05, 0.1) is 18.7 Å². The second-order valence-electron chi connectivity index (χ2n) is 10.8. The third-order valence-electron chi connectivity index (χ3n) is 7.67. The van der Waals surface area contributed by atoms with Crippen LogP contribution in [0.5, 0.6) is 11.5 Å². The number of benzene rings is 1. The molecule has 0 radical (unpaired) electrons. The summed E-state index contributed by atoms with van der Waals surface area (Å²) < 4.78 is 16.8. The number of nitrogens with zero attached hydrogens (tertiary/aromatic N) is 3. The molecule has 1 aromatic carbocycles. The lowest BCUT2D eigenvalue weighted by molar-refractivity contribution is -0.163. The SMILES string of the molecule is CCCOc1ccc2c(OC3(C(=O)O)CCC3)cc(C(=O)NC(CCC(=O)O)C(=O)N3CCN(C(=O)OCC)CC3)nc2c1. The predicted molar refractivity (Wildman–Crippen MR) is 156 cm³/mol. The smallest absolute Gasteiger partial charge is 0.409 e. The van der Waals surface area contributed by atoms with Gasteiger partial charge >= 0.3 is 18.0 Å². The van der Waals surface area contributed by atoms with E-state index in [-0.39, 0.29) is 57.1 Å². The monoisotopic (exact) mass is 614 g/mol. The molecule has 2 fully saturated rings. The molecular formula is C30H38N4O10. The van der Waals surface area contributed by atoms with Gasteiger partial charge in [-0.05, 0) is 51.2 Å². The normalized spacial score (nSPS) is 16.4. The Bertz CT molecular complexity index is 1400. The molecule has 14 heteroatoms. The van der Waals surface area contributed by atoms with Crippen LogP contribution in [0.3, 0.4) is 0 Å². The number of hydrogen-bond donors (Lipinski definition) is 3. The molecule has 1 aromatic heterocycles. The van der Waals surface area contributed by atoms with E-state index < -0.39 is 41.5 Å². The fourth-order valence-electron chi connectivity index (χ4n) is 5.06. The lowest BCUT2D eigenvalue weighted by atomic mass is 9.80.